The van der Waals surface area contributed by atoms with E-state index in [4.69, 9.17) is 0 Å². The van der Waals surface area contributed by atoms with E-state index in [0.29, 0.717) is 0 Å². The molecule has 0 saturated carbocycles. The number of aromatic carboxylic acids is 1. The molecule has 0 aliphatic heterocycles. The summed E-state index contributed by atoms with van der Waals surface area (Å²) < 4.78 is 1.01. The van der Waals surface area contributed by atoms with Gasteiger partial charge in [0.25, 0.3) is 5.56 Å². The fourth-order valence-corrected chi connectivity index (χ4v) is 2.17. The summed E-state index contributed by atoms with van der Waals surface area (Å²) in [7, 11) is 3.44. The standard InChI is InChI=1S/C15H17N3O4/c1-17(2)9-11-12(14(20)21)16-15(22)18(13(11)19)8-10-6-4-3-5-7-10/h3-7H,8-9H2,1-2H3,(H,16,22)(H,20,21). The van der Waals surface area contributed by atoms with E-state index in [1.165, 1.54) is 0 Å². The van der Waals surface area contributed by atoms with Crippen LogP contribution in [-0.4, -0.2) is 39.6 Å². The zero-order chi connectivity index (χ0) is 16.3. The quantitative estimate of drug-likeness (QED) is 0.830. The third-order valence-corrected chi connectivity index (χ3v) is 3.15. The Balaban J connectivity index is 2.58. The molecule has 0 atom stereocenters. The lowest BCUT2D eigenvalue weighted by Gasteiger charge is -2.13. The van der Waals surface area contributed by atoms with Gasteiger partial charge >= 0.3 is 11.7 Å². The Hall–Kier alpha value is -2.67. The molecule has 22 heavy (non-hydrogen) atoms. The second-order valence-electron chi connectivity index (χ2n) is 5.20. The van der Waals surface area contributed by atoms with Crippen molar-refractivity contribution in [3.63, 3.8) is 0 Å². The van der Waals surface area contributed by atoms with Crippen molar-refractivity contribution in [2.75, 3.05) is 14.1 Å². The molecule has 1 aromatic carbocycles. The van der Waals surface area contributed by atoms with Crippen molar-refractivity contribution < 1.29 is 9.90 Å². The van der Waals surface area contributed by atoms with Gasteiger partial charge < -0.3 is 15.0 Å². The van der Waals surface area contributed by atoms with Crippen molar-refractivity contribution in [1.29, 1.82) is 0 Å². The number of rotatable bonds is 5. The molecule has 7 heteroatoms. The first-order chi connectivity index (χ1) is 10.4. The number of aromatic nitrogens is 2. The zero-order valence-electron chi connectivity index (χ0n) is 12.4. The average molecular weight is 303 g/mol. The van der Waals surface area contributed by atoms with E-state index in [-0.39, 0.29) is 24.3 Å². The van der Waals surface area contributed by atoms with Crippen molar-refractivity contribution >= 4 is 5.97 Å². The summed E-state index contributed by atoms with van der Waals surface area (Å²) in [6.45, 7) is 0.224. The SMILES string of the molecule is CN(C)Cc1c(C(=O)O)[nH]c(=O)n(Cc2ccccc2)c1=O. The van der Waals surface area contributed by atoms with Crippen molar-refractivity contribution in [1.82, 2.24) is 14.5 Å². The van der Waals surface area contributed by atoms with Gasteiger partial charge in [0.15, 0.2) is 0 Å². The summed E-state index contributed by atoms with van der Waals surface area (Å²) in [5.41, 5.74) is -0.817. The topological polar surface area (TPSA) is 95.4 Å². The summed E-state index contributed by atoms with van der Waals surface area (Å²) in [5, 5.41) is 9.17. The highest BCUT2D eigenvalue weighted by molar-refractivity contribution is 5.86. The Bertz CT molecular complexity index is 791. The molecule has 0 unspecified atom stereocenters. The molecule has 0 aliphatic rings. The molecule has 1 aromatic heterocycles. The normalized spacial score (nSPS) is 10.9. The molecule has 0 saturated heterocycles. The fraction of sp³-hybridized carbons (Fsp3) is 0.267. The Labute approximate surface area is 126 Å². The number of nitrogens with zero attached hydrogens (tertiary/aromatic N) is 2. The van der Waals surface area contributed by atoms with Gasteiger partial charge in [-0.3, -0.25) is 9.36 Å². The maximum atomic E-state index is 12.5. The van der Waals surface area contributed by atoms with Gasteiger partial charge in [0, 0.05) is 6.54 Å². The average Bonchev–Trinajstić information content (AvgIpc) is 2.46. The van der Waals surface area contributed by atoms with Crippen LogP contribution in [0, 0.1) is 0 Å². The van der Waals surface area contributed by atoms with Crippen LogP contribution in [0.4, 0.5) is 0 Å². The van der Waals surface area contributed by atoms with E-state index >= 15 is 0 Å². The number of nitrogens with one attached hydrogen (secondary N) is 1. The molecule has 2 rings (SSSR count). The van der Waals surface area contributed by atoms with E-state index < -0.39 is 17.2 Å². The van der Waals surface area contributed by atoms with Gasteiger partial charge in [-0.05, 0) is 19.7 Å². The highest BCUT2D eigenvalue weighted by Gasteiger charge is 2.19. The van der Waals surface area contributed by atoms with Gasteiger partial charge in [-0.2, -0.15) is 0 Å². The minimum atomic E-state index is -1.32. The number of H-pyrrole nitrogens is 1. The van der Waals surface area contributed by atoms with Crippen LogP contribution in [0.25, 0.3) is 0 Å². The second-order valence-corrected chi connectivity index (χ2v) is 5.20. The maximum Gasteiger partial charge on any atom is 0.352 e. The van der Waals surface area contributed by atoms with Crippen LogP contribution >= 0.6 is 0 Å². The fourth-order valence-electron chi connectivity index (χ4n) is 2.17. The molecular formula is C15H17N3O4. The van der Waals surface area contributed by atoms with E-state index in [0.717, 1.165) is 10.1 Å². The minimum Gasteiger partial charge on any atom is -0.477 e. The highest BCUT2D eigenvalue weighted by Crippen LogP contribution is 2.03. The van der Waals surface area contributed by atoms with Crippen molar-refractivity contribution in [3.8, 4) is 0 Å². The molecule has 116 valence electrons. The molecule has 7 nitrogen and oxygen atoms in total. The predicted octanol–water partition coefficient (Wildman–Crippen LogP) is 0.345. The largest absolute Gasteiger partial charge is 0.477 e. The molecule has 0 amide bonds. The van der Waals surface area contributed by atoms with Gasteiger partial charge in [0.2, 0.25) is 0 Å². The lowest BCUT2D eigenvalue weighted by atomic mass is 10.2. The first-order valence-electron chi connectivity index (χ1n) is 6.68. The lowest BCUT2D eigenvalue weighted by molar-refractivity contribution is 0.0687. The number of carboxylic acids is 1. The minimum absolute atomic E-state index is 0.0630. The zero-order valence-corrected chi connectivity index (χ0v) is 12.4. The van der Waals surface area contributed by atoms with Gasteiger partial charge in [0.05, 0.1) is 12.1 Å². The smallest absolute Gasteiger partial charge is 0.352 e. The molecule has 2 aromatic rings. The highest BCUT2D eigenvalue weighted by atomic mass is 16.4. The molecule has 0 spiro atoms. The van der Waals surface area contributed by atoms with Gasteiger partial charge in [0.1, 0.15) is 5.69 Å². The number of carboxylic acid groups (broad SMARTS) is 1. The Kier molecular flexibility index (Phi) is 4.57. The van der Waals surface area contributed by atoms with Crippen LogP contribution in [0.2, 0.25) is 0 Å². The van der Waals surface area contributed by atoms with Crippen molar-refractivity contribution in [2.24, 2.45) is 0 Å². The number of carbonyl (C=O) groups is 1. The van der Waals surface area contributed by atoms with Crippen molar-refractivity contribution in [2.45, 2.75) is 13.1 Å². The van der Waals surface area contributed by atoms with Crippen LogP contribution < -0.4 is 11.2 Å². The van der Waals surface area contributed by atoms with Crippen LogP contribution in [0.15, 0.2) is 39.9 Å². The van der Waals surface area contributed by atoms with Gasteiger partial charge in [-0.1, -0.05) is 30.3 Å². The first kappa shape index (κ1) is 15.7. The number of hydrogen-bond donors (Lipinski definition) is 2. The molecule has 1 heterocycles. The van der Waals surface area contributed by atoms with E-state index in [2.05, 4.69) is 4.98 Å². The lowest BCUT2D eigenvalue weighted by Crippen LogP contribution is -2.41. The van der Waals surface area contributed by atoms with Crippen LogP contribution in [0.1, 0.15) is 21.6 Å². The Morgan fingerprint density at radius 2 is 1.86 bits per heavy atom. The molecule has 2 N–H and O–H groups in total. The third kappa shape index (κ3) is 3.32. The summed E-state index contributed by atoms with van der Waals surface area (Å²) in [6, 6.07) is 9.04. The van der Waals surface area contributed by atoms with Gasteiger partial charge in [-0.25, -0.2) is 9.59 Å². The monoisotopic (exact) mass is 303 g/mol. The summed E-state index contributed by atoms with van der Waals surface area (Å²) in [4.78, 5) is 39.8. The third-order valence-electron chi connectivity index (χ3n) is 3.15. The summed E-state index contributed by atoms with van der Waals surface area (Å²) in [6.07, 6.45) is 0. The summed E-state index contributed by atoms with van der Waals surface area (Å²) in [5.74, 6) is -1.32. The van der Waals surface area contributed by atoms with Gasteiger partial charge in [-0.15, -0.1) is 0 Å². The second kappa shape index (κ2) is 6.40. The molecular weight excluding hydrogens is 286 g/mol. The number of aromatic amines is 1. The number of benzene rings is 1. The molecule has 0 bridgehead atoms. The molecule has 0 radical (unpaired) electrons. The molecule has 0 fully saturated rings. The first-order valence-corrected chi connectivity index (χ1v) is 6.68. The molecule has 0 aliphatic carbocycles. The van der Waals surface area contributed by atoms with Crippen molar-refractivity contribution in [3.05, 3.63) is 68.0 Å². The maximum absolute atomic E-state index is 12.5. The van der Waals surface area contributed by atoms with E-state index in [9.17, 15) is 19.5 Å². The number of hydrogen-bond acceptors (Lipinski definition) is 4. The predicted molar refractivity (Wildman–Crippen MR) is 81.2 cm³/mol. The van der Waals surface area contributed by atoms with Crippen LogP contribution in [0.5, 0.6) is 0 Å². The Morgan fingerprint density at radius 3 is 2.41 bits per heavy atom. The van der Waals surface area contributed by atoms with Crippen LogP contribution in [0.3, 0.4) is 0 Å². The summed E-state index contributed by atoms with van der Waals surface area (Å²) >= 11 is 0. The van der Waals surface area contributed by atoms with E-state index in [1.54, 1.807) is 43.3 Å². The van der Waals surface area contributed by atoms with Crippen LogP contribution in [-0.2, 0) is 13.1 Å². The van der Waals surface area contributed by atoms with E-state index in [1.807, 2.05) is 6.07 Å². The Morgan fingerprint density at radius 1 is 1.23 bits per heavy atom.